The van der Waals surface area contributed by atoms with Crippen LogP contribution in [0, 0.1) is 0 Å². The number of benzene rings is 1. The van der Waals surface area contributed by atoms with E-state index in [1.807, 2.05) is 31.2 Å². The van der Waals surface area contributed by atoms with Crippen LogP contribution in [0.25, 0.3) is 0 Å². The molecule has 1 rings (SSSR count). The van der Waals surface area contributed by atoms with Crippen molar-refractivity contribution in [1.82, 2.24) is 5.32 Å². The van der Waals surface area contributed by atoms with Crippen molar-refractivity contribution < 1.29 is 4.79 Å². The van der Waals surface area contributed by atoms with E-state index in [1.54, 1.807) is 0 Å². The van der Waals surface area contributed by atoms with Crippen LogP contribution < -0.4 is 10.6 Å². The molecule has 13 heavy (non-hydrogen) atoms. The van der Waals surface area contributed by atoms with Gasteiger partial charge in [0.1, 0.15) is 0 Å². The minimum absolute atomic E-state index is 0.0614. The second-order valence-electron chi connectivity index (χ2n) is 2.71. The quantitative estimate of drug-likeness (QED) is 0.752. The lowest BCUT2D eigenvalue weighted by Gasteiger charge is -2.04. The van der Waals surface area contributed by atoms with Gasteiger partial charge in [0.25, 0.3) is 0 Å². The largest absolute Gasteiger partial charge is 0.326 e. The van der Waals surface area contributed by atoms with Crippen molar-refractivity contribution in [2.24, 2.45) is 0 Å². The molecule has 3 nitrogen and oxygen atoms in total. The summed E-state index contributed by atoms with van der Waals surface area (Å²) < 4.78 is 0. The van der Waals surface area contributed by atoms with Crippen LogP contribution in [-0.2, 0) is 4.79 Å². The highest BCUT2D eigenvalue weighted by molar-refractivity contribution is 5.89. The molecule has 0 heterocycles. The number of amides is 1. The molecule has 1 amide bonds. The fraction of sp³-hybridized carbons (Fsp3) is 0.300. The highest BCUT2D eigenvalue weighted by atomic mass is 16.1. The van der Waals surface area contributed by atoms with Crippen molar-refractivity contribution >= 4 is 17.3 Å². The molecule has 0 unspecified atom stereocenters. The van der Waals surface area contributed by atoms with Crippen LogP contribution in [0.1, 0.15) is 13.8 Å². The molecule has 1 radical (unpaired) electrons. The van der Waals surface area contributed by atoms with E-state index in [9.17, 15) is 4.79 Å². The Kier molecular flexibility index (Phi) is 3.31. The highest BCUT2D eigenvalue weighted by Gasteiger charge is 1.96. The zero-order valence-corrected chi connectivity index (χ0v) is 7.87. The van der Waals surface area contributed by atoms with E-state index in [1.165, 1.54) is 6.92 Å². The van der Waals surface area contributed by atoms with E-state index in [0.29, 0.717) is 0 Å². The van der Waals surface area contributed by atoms with Crippen molar-refractivity contribution in [3.63, 3.8) is 0 Å². The third kappa shape index (κ3) is 3.15. The van der Waals surface area contributed by atoms with Gasteiger partial charge in [0.15, 0.2) is 0 Å². The summed E-state index contributed by atoms with van der Waals surface area (Å²) in [5.74, 6) is -0.0614. The Morgan fingerprint density at radius 1 is 1.54 bits per heavy atom. The molecular formula is C10H13N2O. The Labute approximate surface area is 78.2 Å². The molecule has 0 bridgehead atoms. The predicted molar refractivity (Wildman–Crippen MR) is 53.1 cm³/mol. The second-order valence-corrected chi connectivity index (χ2v) is 2.71. The molecular weight excluding hydrogens is 164 g/mol. The highest BCUT2D eigenvalue weighted by Crippen LogP contribution is 2.14. The van der Waals surface area contributed by atoms with Crippen LogP contribution in [0.4, 0.5) is 11.4 Å². The molecule has 0 aliphatic heterocycles. The summed E-state index contributed by atoms with van der Waals surface area (Å²) in [6.07, 6.45) is 0. The topological polar surface area (TPSA) is 43.2 Å². The minimum atomic E-state index is -0.0614. The molecule has 0 spiro atoms. The summed E-state index contributed by atoms with van der Waals surface area (Å²) in [6.45, 7) is 4.22. The van der Waals surface area contributed by atoms with Gasteiger partial charge in [-0.1, -0.05) is 6.07 Å². The maximum Gasteiger partial charge on any atom is 0.221 e. The van der Waals surface area contributed by atoms with Gasteiger partial charge in [-0.15, -0.1) is 0 Å². The number of hydrogen-bond donors (Lipinski definition) is 1. The Hall–Kier alpha value is -1.51. The summed E-state index contributed by atoms with van der Waals surface area (Å²) in [6, 6.07) is 7.48. The first-order valence-corrected chi connectivity index (χ1v) is 4.27. The zero-order chi connectivity index (χ0) is 9.68. The smallest absolute Gasteiger partial charge is 0.221 e. The van der Waals surface area contributed by atoms with Crippen LogP contribution in [0.2, 0.25) is 0 Å². The van der Waals surface area contributed by atoms with Crippen LogP contribution in [0.3, 0.4) is 0 Å². The second kappa shape index (κ2) is 4.50. The monoisotopic (exact) mass is 177 g/mol. The van der Waals surface area contributed by atoms with Crippen molar-refractivity contribution in [2.45, 2.75) is 13.8 Å². The Morgan fingerprint density at radius 2 is 2.31 bits per heavy atom. The lowest BCUT2D eigenvalue weighted by molar-refractivity contribution is -0.114. The van der Waals surface area contributed by atoms with Gasteiger partial charge in [-0.2, -0.15) is 0 Å². The van der Waals surface area contributed by atoms with E-state index >= 15 is 0 Å². The molecule has 1 N–H and O–H groups in total. The van der Waals surface area contributed by atoms with Gasteiger partial charge in [0.2, 0.25) is 5.91 Å². The summed E-state index contributed by atoms with van der Waals surface area (Å²) in [4.78, 5) is 10.7. The first-order chi connectivity index (χ1) is 6.22. The molecule has 0 aliphatic carbocycles. The number of anilines is 1. The number of rotatable bonds is 3. The average Bonchev–Trinajstić information content (AvgIpc) is 2.04. The Bertz CT molecular complexity index is 297. The van der Waals surface area contributed by atoms with E-state index in [-0.39, 0.29) is 5.91 Å². The number of nitrogens with one attached hydrogen (secondary N) is 1. The van der Waals surface area contributed by atoms with E-state index in [0.717, 1.165) is 17.9 Å². The molecule has 3 heteroatoms. The van der Waals surface area contributed by atoms with Crippen molar-refractivity contribution in [3.05, 3.63) is 24.3 Å². The fourth-order valence-electron chi connectivity index (χ4n) is 1.07. The summed E-state index contributed by atoms with van der Waals surface area (Å²) in [5.41, 5.74) is 1.69. The van der Waals surface area contributed by atoms with E-state index < -0.39 is 0 Å². The minimum Gasteiger partial charge on any atom is -0.326 e. The SMILES string of the molecule is CC[N]c1cccc(NC(C)=O)c1. The molecule has 0 atom stereocenters. The molecule has 0 aromatic heterocycles. The van der Waals surface area contributed by atoms with Crippen molar-refractivity contribution in [2.75, 3.05) is 11.9 Å². The van der Waals surface area contributed by atoms with Crippen LogP contribution in [0.5, 0.6) is 0 Å². The number of nitrogens with zero attached hydrogens (tertiary/aromatic N) is 1. The molecule has 0 saturated heterocycles. The van der Waals surface area contributed by atoms with E-state index in [2.05, 4.69) is 10.6 Å². The van der Waals surface area contributed by atoms with Gasteiger partial charge in [-0.25, -0.2) is 0 Å². The maximum absolute atomic E-state index is 10.7. The maximum atomic E-state index is 10.7. The fourth-order valence-corrected chi connectivity index (χ4v) is 1.07. The third-order valence-electron chi connectivity index (χ3n) is 1.51. The first-order valence-electron chi connectivity index (χ1n) is 4.27. The molecule has 0 aliphatic rings. The lowest BCUT2D eigenvalue weighted by Crippen LogP contribution is -2.06. The molecule has 69 valence electrons. The number of carbonyl (C=O) groups excluding carboxylic acids is 1. The normalized spacial score (nSPS) is 9.38. The van der Waals surface area contributed by atoms with Gasteiger partial charge in [-0.3, -0.25) is 10.1 Å². The standard InChI is InChI=1S/C10H13N2O/c1-3-11-9-5-4-6-10(7-9)12-8(2)13/h4-7H,3H2,1-2H3,(H,12,13). The Morgan fingerprint density at radius 3 is 2.92 bits per heavy atom. The Balaban J connectivity index is 2.73. The van der Waals surface area contributed by atoms with Crippen LogP contribution in [-0.4, -0.2) is 12.5 Å². The first kappa shape index (κ1) is 9.58. The summed E-state index contributed by atoms with van der Waals surface area (Å²) in [5, 5.41) is 6.93. The summed E-state index contributed by atoms with van der Waals surface area (Å²) >= 11 is 0. The number of hydrogen-bond acceptors (Lipinski definition) is 1. The lowest BCUT2D eigenvalue weighted by atomic mass is 10.2. The molecule has 0 saturated carbocycles. The molecule has 1 aromatic carbocycles. The summed E-state index contributed by atoms with van der Waals surface area (Å²) in [7, 11) is 0. The van der Waals surface area contributed by atoms with Gasteiger partial charge in [0, 0.05) is 19.2 Å². The van der Waals surface area contributed by atoms with Gasteiger partial charge in [-0.05, 0) is 25.1 Å². The number of carbonyl (C=O) groups is 1. The predicted octanol–water partition coefficient (Wildman–Crippen LogP) is 1.90. The van der Waals surface area contributed by atoms with Gasteiger partial charge in [0.05, 0.1) is 5.69 Å². The molecule has 1 aromatic rings. The zero-order valence-electron chi connectivity index (χ0n) is 7.87. The van der Waals surface area contributed by atoms with Crippen molar-refractivity contribution in [3.8, 4) is 0 Å². The van der Waals surface area contributed by atoms with E-state index in [4.69, 9.17) is 0 Å². The molecule has 0 fully saturated rings. The average molecular weight is 177 g/mol. The van der Waals surface area contributed by atoms with Gasteiger partial charge >= 0.3 is 0 Å². The van der Waals surface area contributed by atoms with Crippen LogP contribution >= 0.6 is 0 Å². The van der Waals surface area contributed by atoms with Gasteiger partial charge < -0.3 is 5.32 Å². The van der Waals surface area contributed by atoms with Crippen molar-refractivity contribution in [1.29, 1.82) is 0 Å². The third-order valence-corrected chi connectivity index (χ3v) is 1.51. The van der Waals surface area contributed by atoms with Crippen LogP contribution in [0.15, 0.2) is 24.3 Å².